The highest BCUT2D eigenvalue weighted by atomic mass is 16.1. The number of aryl methyl sites for hydroxylation is 1. The molecule has 0 spiro atoms. The van der Waals surface area contributed by atoms with Gasteiger partial charge in [0.05, 0.1) is 16.7 Å². The van der Waals surface area contributed by atoms with Gasteiger partial charge in [0.1, 0.15) is 5.69 Å². The molecule has 0 aliphatic carbocycles. The number of aromatic nitrogens is 2. The summed E-state index contributed by atoms with van der Waals surface area (Å²) in [5.74, 6) is -0.106. The lowest BCUT2D eigenvalue weighted by atomic mass is 10.1. The molecule has 0 unspecified atom stereocenters. The molecule has 3 rings (SSSR count). The molecule has 0 aliphatic rings. The molecule has 5 heteroatoms. The van der Waals surface area contributed by atoms with Crippen LogP contribution in [0.1, 0.15) is 18.9 Å². The van der Waals surface area contributed by atoms with Gasteiger partial charge < -0.3 is 10.3 Å². The minimum absolute atomic E-state index is 0.106. The molecule has 1 heterocycles. The Hall–Kier alpha value is -2.95. The summed E-state index contributed by atoms with van der Waals surface area (Å²) < 4.78 is 0. The van der Waals surface area contributed by atoms with Crippen LogP contribution < -0.4 is 10.9 Å². The van der Waals surface area contributed by atoms with E-state index in [2.05, 4.69) is 15.3 Å². The van der Waals surface area contributed by atoms with Crippen molar-refractivity contribution in [2.75, 3.05) is 5.32 Å². The van der Waals surface area contributed by atoms with Gasteiger partial charge in [-0.15, -0.1) is 0 Å². The second kappa shape index (κ2) is 6.04. The summed E-state index contributed by atoms with van der Waals surface area (Å²) in [5, 5.41) is 2.81. The number of carbonyl (C=O) groups is 1. The first-order valence-corrected chi connectivity index (χ1v) is 7.48. The van der Waals surface area contributed by atoms with Crippen LogP contribution in [0.5, 0.6) is 0 Å². The number of amides is 1. The topological polar surface area (TPSA) is 74.8 Å². The fraction of sp³-hybridized carbons (Fsp3) is 0.167. The lowest BCUT2D eigenvalue weighted by Crippen LogP contribution is -2.15. The van der Waals surface area contributed by atoms with Crippen LogP contribution in [0.4, 0.5) is 5.69 Å². The minimum Gasteiger partial charge on any atom is -0.325 e. The highest BCUT2D eigenvalue weighted by Gasteiger charge is 2.13. The first-order chi connectivity index (χ1) is 11.1. The van der Waals surface area contributed by atoms with E-state index in [0.29, 0.717) is 34.4 Å². The van der Waals surface area contributed by atoms with Crippen molar-refractivity contribution in [3.05, 3.63) is 58.4 Å². The molecule has 0 saturated heterocycles. The molecule has 5 nitrogen and oxygen atoms in total. The van der Waals surface area contributed by atoms with Gasteiger partial charge in [0, 0.05) is 12.0 Å². The van der Waals surface area contributed by atoms with Crippen molar-refractivity contribution >= 4 is 22.6 Å². The van der Waals surface area contributed by atoms with Crippen LogP contribution in [0.3, 0.4) is 0 Å². The molecule has 1 amide bonds. The van der Waals surface area contributed by atoms with Gasteiger partial charge in [0.2, 0.25) is 5.91 Å². The monoisotopic (exact) mass is 307 g/mol. The normalized spacial score (nSPS) is 10.7. The maximum Gasteiger partial charge on any atom is 0.275 e. The number of hydrogen-bond acceptors (Lipinski definition) is 3. The molecule has 0 aliphatic heterocycles. The first kappa shape index (κ1) is 15.0. The molecule has 0 bridgehead atoms. The summed E-state index contributed by atoms with van der Waals surface area (Å²) in [6.45, 7) is 3.74. The Morgan fingerprint density at radius 1 is 1.22 bits per heavy atom. The van der Waals surface area contributed by atoms with E-state index in [-0.39, 0.29) is 11.5 Å². The molecule has 0 saturated carbocycles. The maximum absolute atomic E-state index is 12.4. The van der Waals surface area contributed by atoms with E-state index >= 15 is 0 Å². The number of hydrogen-bond donors (Lipinski definition) is 2. The van der Waals surface area contributed by atoms with Crippen LogP contribution in [0, 0.1) is 6.92 Å². The number of rotatable bonds is 3. The van der Waals surface area contributed by atoms with Crippen LogP contribution in [0.15, 0.2) is 47.3 Å². The standard InChI is InChI=1S/C18H17N3O2/c1-3-16(22)19-13-7-5-4-6-12(13)17-18(23)21-15-10-11(2)8-9-14(15)20-17/h4-10H,3H2,1-2H3,(H,19,22)(H,21,23). The summed E-state index contributed by atoms with van der Waals surface area (Å²) in [6.07, 6.45) is 0.370. The van der Waals surface area contributed by atoms with E-state index < -0.39 is 0 Å². The number of carbonyl (C=O) groups excluding carboxylic acids is 1. The van der Waals surface area contributed by atoms with E-state index in [4.69, 9.17) is 0 Å². The van der Waals surface area contributed by atoms with Crippen molar-refractivity contribution in [1.29, 1.82) is 0 Å². The van der Waals surface area contributed by atoms with Crippen molar-refractivity contribution in [3.8, 4) is 11.3 Å². The zero-order valence-electron chi connectivity index (χ0n) is 13.0. The lowest BCUT2D eigenvalue weighted by Gasteiger charge is -2.10. The Kier molecular flexibility index (Phi) is 3.93. The van der Waals surface area contributed by atoms with Crippen LogP contribution in [0.2, 0.25) is 0 Å². The van der Waals surface area contributed by atoms with Gasteiger partial charge >= 0.3 is 0 Å². The molecule has 3 aromatic rings. The molecule has 2 N–H and O–H groups in total. The highest BCUT2D eigenvalue weighted by Crippen LogP contribution is 2.25. The van der Waals surface area contributed by atoms with Gasteiger partial charge in [-0.05, 0) is 30.7 Å². The molecule has 0 fully saturated rings. The van der Waals surface area contributed by atoms with E-state index in [1.54, 1.807) is 19.1 Å². The zero-order valence-corrected chi connectivity index (χ0v) is 13.0. The summed E-state index contributed by atoms with van der Waals surface area (Å²) in [4.78, 5) is 31.4. The number of para-hydroxylation sites is 1. The fourth-order valence-corrected chi connectivity index (χ4v) is 2.42. The summed E-state index contributed by atoms with van der Waals surface area (Å²) in [6, 6.07) is 12.9. The predicted octanol–water partition coefficient (Wildman–Crippen LogP) is 3.25. The molecular formula is C18H17N3O2. The Morgan fingerprint density at radius 3 is 2.78 bits per heavy atom. The number of fused-ring (bicyclic) bond motifs is 1. The van der Waals surface area contributed by atoms with E-state index in [1.807, 2.05) is 37.3 Å². The molecule has 1 aromatic heterocycles. The Balaban J connectivity index is 2.17. The summed E-state index contributed by atoms with van der Waals surface area (Å²) in [5.41, 5.74) is 3.69. The van der Waals surface area contributed by atoms with Crippen molar-refractivity contribution in [2.24, 2.45) is 0 Å². The average Bonchev–Trinajstić information content (AvgIpc) is 2.54. The smallest absolute Gasteiger partial charge is 0.275 e. The average molecular weight is 307 g/mol. The number of H-pyrrole nitrogens is 1. The van der Waals surface area contributed by atoms with E-state index in [9.17, 15) is 9.59 Å². The second-order valence-corrected chi connectivity index (χ2v) is 5.38. The molecule has 0 radical (unpaired) electrons. The SMILES string of the molecule is CCC(=O)Nc1ccccc1-c1nc2ccc(C)cc2[nH]c1=O. The Bertz CT molecular complexity index is 944. The third-order valence-electron chi connectivity index (χ3n) is 3.62. The largest absolute Gasteiger partial charge is 0.325 e. The molecule has 2 aromatic carbocycles. The van der Waals surface area contributed by atoms with Crippen LogP contribution >= 0.6 is 0 Å². The van der Waals surface area contributed by atoms with E-state index in [1.165, 1.54) is 0 Å². The van der Waals surface area contributed by atoms with Gasteiger partial charge in [-0.25, -0.2) is 4.98 Å². The van der Waals surface area contributed by atoms with Crippen molar-refractivity contribution < 1.29 is 4.79 Å². The fourth-order valence-electron chi connectivity index (χ4n) is 2.42. The second-order valence-electron chi connectivity index (χ2n) is 5.38. The van der Waals surface area contributed by atoms with Gasteiger partial charge in [-0.2, -0.15) is 0 Å². The first-order valence-electron chi connectivity index (χ1n) is 7.48. The number of aromatic amines is 1. The van der Waals surface area contributed by atoms with Crippen molar-refractivity contribution in [3.63, 3.8) is 0 Å². The summed E-state index contributed by atoms with van der Waals surface area (Å²) in [7, 11) is 0. The van der Waals surface area contributed by atoms with Crippen LogP contribution in [0.25, 0.3) is 22.3 Å². The van der Waals surface area contributed by atoms with Crippen molar-refractivity contribution in [2.45, 2.75) is 20.3 Å². The number of benzene rings is 2. The lowest BCUT2D eigenvalue weighted by molar-refractivity contribution is -0.115. The van der Waals surface area contributed by atoms with Gasteiger partial charge in [-0.3, -0.25) is 9.59 Å². The van der Waals surface area contributed by atoms with E-state index in [0.717, 1.165) is 5.56 Å². The number of anilines is 1. The predicted molar refractivity (Wildman–Crippen MR) is 91.5 cm³/mol. The molecule has 23 heavy (non-hydrogen) atoms. The van der Waals surface area contributed by atoms with Gasteiger partial charge in [0.25, 0.3) is 5.56 Å². The van der Waals surface area contributed by atoms with Gasteiger partial charge in [0.15, 0.2) is 0 Å². The molecule has 0 atom stereocenters. The third kappa shape index (κ3) is 2.99. The summed E-state index contributed by atoms with van der Waals surface area (Å²) >= 11 is 0. The minimum atomic E-state index is -0.277. The van der Waals surface area contributed by atoms with Crippen LogP contribution in [-0.2, 0) is 4.79 Å². The maximum atomic E-state index is 12.4. The molecular weight excluding hydrogens is 290 g/mol. The van der Waals surface area contributed by atoms with Gasteiger partial charge in [-0.1, -0.05) is 31.2 Å². The zero-order chi connectivity index (χ0) is 16.4. The number of nitrogens with zero attached hydrogens (tertiary/aromatic N) is 1. The molecule has 116 valence electrons. The quantitative estimate of drug-likeness (QED) is 0.780. The van der Waals surface area contributed by atoms with Crippen molar-refractivity contribution in [1.82, 2.24) is 9.97 Å². The Labute approximate surface area is 133 Å². The Morgan fingerprint density at radius 2 is 2.00 bits per heavy atom. The highest BCUT2D eigenvalue weighted by molar-refractivity contribution is 5.95. The number of nitrogens with one attached hydrogen (secondary N) is 2. The third-order valence-corrected chi connectivity index (χ3v) is 3.62. The van der Waals surface area contributed by atoms with Crippen LogP contribution in [-0.4, -0.2) is 15.9 Å².